The van der Waals surface area contributed by atoms with Gasteiger partial charge in [-0.05, 0) is 60.6 Å². The lowest BCUT2D eigenvalue weighted by Crippen LogP contribution is -2.31. The first kappa shape index (κ1) is 25.0. The summed E-state index contributed by atoms with van der Waals surface area (Å²) >= 11 is 6.49. The molecule has 1 fully saturated rings. The third-order valence-electron chi connectivity index (χ3n) is 6.85. The number of ether oxygens (including phenoxy) is 1. The van der Waals surface area contributed by atoms with Crippen LogP contribution in [0.25, 0.3) is 11.0 Å². The lowest BCUT2D eigenvalue weighted by atomic mass is 9.81. The van der Waals surface area contributed by atoms with E-state index in [1.54, 1.807) is 24.7 Å². The van der Waals surface area contributed by atoms with Crippen molar-refractivity contribution in [2.45, 2.75) is 57.6 Å². The summed E-state index contributed by atoms with van der Waals surface area (Å²) in [7, 11) is 3.50. The summed E-state index contributed by atoms with van der Waals surface area (Å²) in [5, 5.41) is 18.6. The molecule has 1 heterocycles. The molecule has 0 aliphatic heterocycles. The Morgan fingerprint density at radius 3 is 2.57 bits per heavy atom. The number of carbonyl (C=O) groups is 2. The van der Waals surface area contributed by atoms with Gasteiger partial charge in [-0.15, -0.1) is 5.10 Å². The molecule has 8 nitrogen and oxygen atoms in total. The highest BCUT2D eigenvalue weighted by molar-refractivity contribution is 6.31. The van der Waals surface area contributed by atoms with Crippen LogP contribution in [0.15, 0.2) is 36.4 Å². The van der Waals surface area contributed by atoms with Gasteiger partial charge in [0.15, 0.2) is 0 Å². The van der Waals surface area contributed by atoms with Gasteiger partial charge >= 0.3 is 12.1 Å². The van der Waals surface area contributed by atoms with Crippen molar-refractivity contribution < 1.29 is 19.4 Å². The van der Waals surface area contributed by atoms with Crippen molar-refractivity contribution in [3.63, 3.8) is 0 Å². The number of benzene rings is 2. The van der Waals surface area contributed by atoms with Crippen LogP contribution in [0.5, 0.6) is 0 Å². The van der Waals surface area contributed by atoms with E-state index in [2.05, 4.69) is 10.3 Å². The quantitative estimate of drug-likeness (QED) is 0.470. The monoisotopic (exact) mass is 498 g/mol. The average Bonchev–Trinajstić information content (AvgIpc) is 3.21. The number of aromatic nitrogens is 3. The third kappa shape index (κ3) is 5.59. The Hall–Kier alpha value is -3.13. The van der Waals surface area contributed by atoms with Crippen molar-refractivity contribution in [3.8, 4) is 0 Å². The smallest absolute Gasteiger partial charge is 0.410 e. The highest BCUT2D eigenvalue weighted by Crippen LogP contribution is 2.35. The first-order chi connectivity index (χ1) is 16.7. The van der Waals surface area contributed by atoms with Crippen LogP contribution in [0, 0.1) is 5.92 Å². The number of halogens is 1. The van der Waals surface area contributed by atoms with Crippen LogP contribution in [0.4, 0.5) is 4.79 Å². The van der Waals surface area contributed by atoms with Crippen LogP contribution in [-0.4, -0.2) is 50.2 Å². The van der Waals surface area contributed by atoms with E-state index in [0.29, 0.717) is 10.5 Å². The molecule has 1 aromatic heterocycles. The molecule has 4 rings (SSSR count). The van der Waals surface area contributed by atoms with E-state index in [0.717, 1.165) is 47.9 Å². The molecule has 1 aliphatic carbocycles. The average molecular weight is 499 g/mol. The molecule has 1 saturated carbocycles. The number of carboxylic acid groups (broad SMARTS) is 1. The van der Waals surface area contributed by atoms with E-state index < -0.39 is 17.8 Å². The van der Waals surface area contributed by atoms with Crippen LogP contribution in [0.1, 0.15) is 61.6 Å². The van der Waals surface area contributed by atoms with Crippen molar-refractivity contribution in [2.75, 3.05) is 7.05 Å². The van der Waals surface area contributed by atoms with Crippen molar-refractivity contribution >= 4 is 34.7 Å². The van der Waals surface area contributed by atoms with Crippen LogP contribution < -0.4 is 0 Å². The van der Waals surface area contributed by atoms with Crippen LogP contribution >= 0.6 is 11.6 Å². The minimum Gasteiger partial charge on any atom is -0.481 e. The van der Waals surface area contributed by atoms with Crippen LogP contribution in [-0.2, 0) is 23.1 Å². The molecule has 1 amide bonds. The Bertz CT molecular complexity index is 1220. The minimum absolute atomic E-state index is 0.0303. The van der Waals surface area contributed by atoms with E-state index >= 15 is 0 Å². The number of aliphatic carboxylic acids is 1. The number of hydrogen-bond donors (Lipinski definition) is 1. The number of fused-ring (bicyclic) bond motifs is 1. The number of nitrogens with zero attached hydrogens (tertiary/aromatic N) is 4. The van der Waals surface area contributed by atoms with Gasteiger partial charge < -0.3 is 14.7 Å². The van der Waals surface area contributed by atoms with Gasteiger partial charge in [-0.1, -0.05) is 48.4 Å². The maximum atomic E-state index is 12.7. The summed E-state index contributed by atoms with van der Waals surface area (Å²) in [6.07, 6.45) is 4.75. The summed E-state index contributed by atoms with van der Waals surface area (Å²) in [5.74, 6) is -2.04. The molecule has 2 unspecified atom stereocenters. The Morgan fingerprint density at radius 1 is 1.17 bits per heavy atom. The molecule has 2 atom stereocenters. The topological polar surface area (TPSA) is 97.6 Å². The van der Waals surface area contributed by atoms with Crippen molar-refractivity contribution in [2.24, 2.45) is 13.0 Å². The third-order valence-corrected chi connectivity index (χ3v) is 7.22. The van der Waals surface area contributed by atoms with Gasteiger partial charge in [0, 0.05) is 25.0 Å². The van der Waals surface area contributed by atoms with Gasteiger partial charge in [0.1, 0.15) is 11.6 Å². The van der Waals surface area contributed by atoms with Crippen molar-refractivity contribution in [3.05, 3.63) is 58.1 Å². The number of hydrogen-bond acceptors (Lipinski definition) is 5. The molecular weight excluding hydrogens is 468 g/mol. The molecule has 35 heavy (non-hydrogen) atoms. The van der Waals surface area contributed by atoms with Gasteiger partial charge in [-0.25, -0.2) is 9.48 Å². The number of aryl methyl sites for hydroxylation is 1. The molecular formula is C26H31ClN4O4. The fourth-order valence-corrected chi connectivity index (χ4v) is 4.99. The highest BCUT2D eigenvalue weighted by atomic mass is 35.5. The Kier molecular flexibility index (Phi) is 7.60. The molecule has 0 spiro atoms. The SMILES string of the molecule is CC(C(=O)O)C(c1ccc(Cl)c(CN(C)C(=O)OC2CCCCC2)c1)c1ccc2c(c1)nnn2C. The van der Waals surface area contributed by atoms with Crippen molar-refractivity contribution in [1.29, 1.82) is 0 Å². The van der Waals surface area contributed by atoms with E-state index in [9.17, 15) is 14.7 Å². The largest absolute Gasteiger partial charge is 0.481 e. The Balaban J connectivity index is 1.60. The molecule has 1 aliphatic rings. The summed E-state index contributed by atoms with van der Waals surface area (Å²) in [4.78, 5) is 26.2. The number of amides is 1. The second-order valence-corrected chi connectivity index (χ2v) is 9.82. The predicted octanol–water partition coefficient (Wildman–Crippen LogP) is 5.38. The molecule has 3 aromatic rings. The van der Waals surface area contributed by atoms with E-state index in [1.807, 2.05) is 37.4 Å². The number of rotatable bonds is 7. The van der Waals surface area contributed by atoms with Gasteiger partial charge in [0.05, 0.1) is 18.0 Å². The number of carboxylic acids is 1. The van der Waals surface area contributed by atoms with Gasteiger partial charge in [0.25, 0.3) is 0 Å². The first-order valence-electron chi connectivity index (χ1n) is 12.0. The first-order valence-corrected chi connectivity index (χ1v) is 12.3. The summed E-state index contributed by atoms with van der Waals surface area (Å²) in [6.45, 7) is 1.95. The highest BCUT2D eigenvalue weighted by Gasteiger charge is 2.28. The fourth-order valence-electron chi connectivity index (χ4n) is 4.81. The molecule has 0 bridgehead atoms. The predicted molar refractivity (Wildman–Crippen MR) is 133 cm³/mol. The molecule has 186 valence electrons. The molecule has 0 saturated heterocycles. The molecule has 0 radical (unpaired) electrons. The molecule has 9 heteroatoms. The van der Waals surface area contributed by atoms with Crippen LogP contribution in [0.3, 0.4) is 0 Å². The Labute approximate surface area is 209 Å². The van der Waals surface area contributed by atoms with Gasteiger partial charge in [-0.3, -0.25) is 4.79 Å². The van der Waals surface area contributed by atoms with E-state index in [-0.39, 0.29) is 18.7 Å². The molecule has 1 N–H and O–H groups in total. The number of carbonyl (C=O) groups excluding carboxylic acids is 1. The summed E-state index contributed by atoms with van der Waals surface area (Å²) < 4.78 is 7.35. The zero-order valence-electron chi connectivity index (χ0n) is 20.3. The maximum absolute atomic E-state index is 12.7. The van der Waals surface area contributed by atoms with E-state index in [1.165, 1.54) is 11.3 Å². The second kappa shape index (κ2) is 10.6. The summed E-state index contributed by atoms with van der Waals surface area (Å²) in [6, 6.07) is 11.2. The fraction of sp³-hybridized carbons (Fsp3) is 0.462. The maximum Gasteiger partial charge on any atom is 0.410 e. The normalized spacial score (nSPS) is 16.1. The lowest BCUT2D eigenvalue weighted by Gasteiger charge is -2.26. The minimum atomic E-state index is -0.904. The second-order valence-electron chi connectivity index (χ2n) is 9.42. The van der Waals surface area contributed by atoms with E-state index in [4.69, 9.17) is 16.3 Å². The van der Waals surface area contributed by atoms with Crippen molar-refractivity contribution in [1.82, 2.24) is 19.9 Å². The van der Waals surface area contributed by atoms with Gasteiger partial charge in [0.2, 0.25) is 0 Å². The standard InChI is InChI=1S/C26H31ClN4O4/c1-16(25(32)33)24(18-10-12-23-22(14-18)28-29-31(23)3)17-9-11-21(27)19(13-17)15-30(2)26(34)35-20-7-5-4-6-8-20/h9-14,16,20,24H,4-8,15H2,1-3H3,(H,32,33). The summed E-state index contributed by atoms with van der Waals surface area (Å²) in [5.41, 5.74) is 3.93. The zero-order chi connectivity index (χ0) is 25.1. The van der Waals surface area contributed by atoms with Gasteiger partial charge in [-0.2, -0.15) is 0 Å². The lowest BCUT2D eigenvalue weighted by molar-refractivity contribution is -0.141. The zero-order valence-corrected chi connectivity index (χ0v) is 21.0. The van der Waals surface area contributed by atoms with Crippen LogP contribution in [0.2, 0.25) is 5.02 Å². The Morgan fingerprint density at radius 2 is 1.86 bits per heavy atom. The molecule has 2 aromatic carbocycles.